The first-order chi connectivity index (χ1) is 12.7. The number of hydrogen-bond acceptors (Lipinski definition) is 5. The van der Waals surface area contributed by atoms with E-state index in [4.69, 9.17) is 11.6 Å². The molecule has 3 aromatic rings. The fourth-order valence-electron chi connectivity index (χ4n) is 2.78. The lowest BCUT2D eigenvalue weighted by Crippen LogP contribution is -2.10. The molecule has 6 heteroatoms. The van der Waals surface area contributed by atoms with Crippen molar-refractivity contribution in [2.24, 2.45) is 0 Å². The van der Waals surface area contributed by atoms with Crippen LogP contribution >= 0.6 is 11.6 Å². The Hall–Kier alpha value is -2.66. The summed E-state index contributed by atoms with van der Waals surface area (Å²) in [4.78, 5) is 4.51. The monoisotopic (exact) mass is 367 g/mol. The van der Waals surface area contributed by atoms with Gasteiger partial charge in [-0.15, -0.1) is 5.10 Å². The fourth-order valence-corrected chi connectivity index (χ4v) is 2.99. The predicted molar refractivity (Wildman–Crippen MR) is 107 cm³/mol. The van der Waals surface area contributed by atoms with E-state index in [1.165, 1.54) is 16.7 Å². The van der Waals surface area contributed by atoms with Gasteiger partial charge in [-0.2, -0.15) is 10.1 Å². The van der Waals surface area contributed by atoms with Gasteiger partial charge in [0.25, 0.3) is 0 Å². The number of benzene rings is 2. The van der Waals surface area contributed by atoms with Crippen molar-refractivity contribution >= 4 is 29.1 Å². The molecule has 0 radical (unpaired) electrons. The van der Waals surface area contributed by atoms with Crippen LogP contribution in [0.25, 0.3) is 0 Å². The zero-order valence-electron chi connectivity index (χ0n) is 15.0. The molecule has 0 aliphatic carbocycles. The Balaban J connectivity index is 1.65. The van der Waals surface area contributed by atoms with Gasteiger partial charge in [0.2, 0.25) is 5.95 Å². The van der Waals surface area contributed by atoms with E-state index < -0.39 is 0 Å². The average Bonchev–Trinajstić information content (AvgIpc) is 2.64. The molecule has 0 bridgehead atoms. The van der Waals surface area contributed by atoms with Crippen LogP contribution in [0.1, 0.15) is 23.6 Å². The van der Waals surface area contributed by atoms with Crippen LogP contribution in [-0.4, -0.2) is 21.7 Å². The van der Waals surface area contributed by atoms with Crippen molar-refractivity contribution in [3.05, 3.63) is 70.4 Å². The van der Waals surface area contributed by atoms with Crippen molar-refractivity contribution in [3.8, 4) is 0 Å². The normalized spacial score (nSPS) is 10.6. The van der Waals surface area contributed by atoms with Gasteiger partial charge in [-0.25, -0.2) is 0 Å². The third kappa shape index (κ3) is 4.70. The Kier molecular flexibility index (Phi) is 6.02. The molecule has 2 aromatic carbocycles. The molecule has 134 valence electrons. The molecule has 3 rings (SSSR count). The number of anilines is 3. The van der Waals surface area contributed by atoms with Gasteiger partial charge in [-0.3, -0.25) is 0 Å². The summed E-state index contributed by atoms with van der Waals surface area (Å²) < 4.78 is 0. The minimum absolute atomic E-state index is 0.503. The Morgan fingerprint density at radius 3 is 2.77 bits per heavy atom. The van der Waals surface area contributed by atoms with Gasteiger partial charge >= 0.3 is 0 Å². The minimum Gasteiger partial charge on any atom is -0.353 e. The van der Waals surface area contributed by atoms with Gasteiger partial charge in [0.1, 0.15) is 0 Å². The first-order valence-corrected chi connectivity index (χ1v) is 9.07. The maximum Gasteiger partial charge on any atom is 0.244 e. The summed E-state index contributed by atoms with van der Waals surface area (Å²) in [5.74, 6) is 1.18. The van der Waals surface area contributed by atoms with Gasteiger partial charge in [0, 0.05) is 17.3 Å². The molecule has 26 heavy (non-hydrogen) atoms. The minimum atomic E-state index is 0.503. The summed E-state index contributed by atoms with van der Waals surface area (Å²) >= 11 is 6.01. The van der Waals surface area contributed by atoms with Crippen LogP contribution in [0.2, 0.25) is 5.02 Å². The van der Waals surface area contributed by atoms with E-state index in [0.717, 1.165) is 23.6 Å². The van der Waals surface area contributed by atoms with E-state index >= 15 is 0 Å². The SMILES string of the molecule is CCc1cccc(C)c1Nc1cnnc(NCCc2cccc(Cl)c2)n1. The topological polar surface area (TPSA) is 62.7 Å². The molecule has 0 fully saturated rings. The molecular weight excluding hydrogens is 346 g/mol. The number of rotatable bonds is 7. The Morgan fingerprint density at radius 1 is 1.12 bits per heavy atom. The number of aryl methyl sites for hydroxylation is 2. The summed E-state index contributed by atoms with van der Waals surface area (Å²) in [5.41, 5.74) is 4.68. The lowest BCUT2D eigenvalue weighted by molar-refractivity contribution is 0.928. The molecule has 1 heterocycles. The van der Waals surface area contributed by atoms with Crippen LogP contribution in [0, 0.1) is 6.92 Å². The summed E-state index contributed by atoms with van der Waals surface area (Å²) in [5, 5.41) is 15.4. The Morgan fingerprint density at radius 2 is 1.96 bits per heavy atom. The molecule has 0 amide bonds. The molecule has 0 aliphatic rings. The lowest BCUT2D eigenvalue weighted by atomic mass is 10.1. The number of nitrogens with one attached hydrogen (secondary N) is 2. The van der Waals surface area contributed by atoms with Crippen molar-refractivity contribution in [2.45, 2.75) is 26.7 Å². The Labute approximate surface area is 158 Å². The maximum absolute atomic E-state index is 6.01. The van der Waals surface area contributed by atoms with Crippen molar-refractivity contribution < 1.29 is 0 Å². The van der Waals surface area contributed by atoms with Crippen LogP contribution in [0.15, 0.2) is 48.7 Å². The summed E-state index contributed by atoms with van der Waals surface area (Å²) in [6.07, 6.45) is 3.42. The lowest BCUT2D eigenvalue weighted by Gasteiger charge is -2.13. The van der Waals surface area contributed by atoms with E-state index in [0.29, 0.717) is 18.3 Å². The fraction of sp³-hybridized carbons (Fsp3) is 0.250. The van der Waals surface area contributed by atoms with Gasteiger partial charge in [0.15, 0.2) is 5.82 Å². The van der Waals surface area contributed by atoms with Gasteiger partial charge in [-0.05, 0) is 48.6 Å². The summed E-state index contributed by atoms with van der Waals surface area (Å²) in [6, 6.07) is 14.1. The molecule has 2 N–H and O–H groups in total. The molecule has 5 nitrogen and oxygen atoms in total. The quantitative estimate of drug-likeness (QED) is 0.628. The molecule has 0 saturated heterocycles. The zero-order chi connectivity index (χ0) is 18.4. The highest BCUT2D eigenvalue weighted by atomic mass is 35.5. The van der Waals surface area contributed by atoms with Gasteiger partial charge in [0.05, 0.1) is 6.20 Å². The van der Waals surface area contributed by atoms with E-state index in [1.807, 2.05) is 18.2 Å². The van der Waals surface area contributed by atoms with Crippen molar-refractivity contribution in [1.82, 2.24) is 15.2 Å². The average molecular weight is 368 g/mol. The van der Waals surface area contributed by atoms with Crippen LogP contribution < -0.4 is 10.6 Å². The highest BCUT2D eigenvalue weighted by molar-refractivity contribution is 6.30. The third-order valence-electron chi connectivity index (χ3n) is 4.14. The van der Waals surface area contributed by atoms with Gasteiger partial charge < -0.3 is 10.6 Å². The highest BCUT2D eigenvalue weighted by Crippen LogP contribution is 2.24. The second kappa shape index (κ2) is 8.63. The molecule has 1 aromatic heterocycles. The molecule has 0 saturated carbocycles. The molecule has 0 spiro atoms. The van der Waals surface area contributed by atoms with Crippen molar-refractivity contribution in [2.75, 3.05) is 17.2 Å². The third-order valence-corrected chi connectivity index (χ3v) is 4.37. The highest BCUT2D eigenvalue weighted by Gasteiger charge is 2.07. The number of halogens is 1. The predicted octanol–water partition coefficient (Wildman–Crippen LogP) is 4.79. The van der Waals surface area contributed by atoms with Crippen LogP contribution in [-0.2, 0) is 12.8 Å². The Bertz CT molecular complexity index is 882. The van der Waals surface area contributed by atoms with Crippen LogP contribution in [0.3, 0.4) is 0 Å². The second-order valence-electron chi connectivity index (χ2n) is 6.06. The number of aromatic nitrogens is 3. The van der Waals surface area contributed by atoms with Crippen LogP contribution in [0.5, 0.6) is 0 Å². The first-order valence-electron chi connectivity index (χ1n) is 8.69. The first kappa shape index (κ1) is 18.1. The van der Waals surface area contributed by atoms with Crippen molar-refractivity contribution in [3.63, 3.8) is 0 Å². The molecule has 0 aliphatic heterocycles. The van der Waals surface area contributed by atoms with Crippen LogP contribution in [0.4, 0.5) is 17.5 Å². The largest absolute Gasteiger partial charge is 0.353 e. The van der Waals surface area contributed by atoms with E-state index in [9.17, 15) is 0 Å². The maximum atomic E-state index is 6.01. The van der Waals surface area contributed by atoms with E-state index in [2.05, 4.69) is 63.9 Å². The molecular formula is C20H22ClN5. The summed E-state index contributed by atoms with van der Waals surface area (Å²) in [6.45, 7) is 4.93. The van der Waals surface area contributed by atoms with Crippen molar-refractivity contribution in [1.29, 1.82) is 0 Å². The van der Waals surface area contributed by atoms with Gasteiger partial charge in [-0.1, -0.05) is 48.9 Å². The number of hydrogen-bond donors (Lipinski definition) is 2. The van der Waals surface area contributed by atoms with E-state index in [-0.39, 0.29) is 0 Å². The van der Waals surface area contributed by atoms with E-state index in [1.54, 1.807) is 6.20 Å². The zero-order valence-corrected chi connectivity index (χ0v) is 15.7. The standard InChI is InChI=1S/C20H22ClN5/c1-3-16-8-4-6-14(2)19(16)24-18-13-23-26-20(25-18)22-11-10-15-7-5-9-17(21)12-15/h4-9,12-13H,3,10-11H2,1-2H3,(H2,22,24,25,26). The second-order valence-corrected chi connectivity index (χ2v) is 6.50. The molecule has 0 unspecified atom stereocenters. The smallest absolute Gasteiger partial charge is 0.244 e. The number of nitrogens with zero attached hydrogens (tertiary/aromatic N) is 3. The molecule has 0 atom stereocenters. The number of para-hydroxylation sites is 1. The summed E-state index contributed by atoms with van der Waals surface area (Å²) in [7, 11) is 0.